The predicted octanol–water partition coefficient (Wildman–Crippen LogP) is 2.99. The van der Waals surface area contributed by atoms with Crippen LogP contribution < -0.4 is 0 Å². The van der Waals surface area contributed by atoms with Crippen molar-refractivity contribution in [1.82, 2.24) is 14.9 Å². The molecule has 24 heavy (non-hydrogen) atoms. The van der Waals surface area contributed by atoms with E-state index in [0.29, 0.717) is 32.2 Å². The fourth-order valence-electron chi connectivity index (χ4n) is 2.87. The molecule has 0 N–H and O–H groups in total. The van der Waals surface area contributed by atoms with Crippen LogP contribution >= 0.6 is 11.3 Å². The second-order valence-corrected chi connectivity index (χ2v) is 7.43. The van der Waals surface area contributed by atoms with Crippen molar-refractivity contribution < 1.29 is 9.53 Å². The molecule has 2 aromatic rings. The molecule has 1 fully saturated rings. The number of carbonyl (C=O) groups excluding carboxylic acids is 1. The molecule has 1 amide bonds. The molecule has 6 heteroatoms. The normalized spacial score (nSPS) is 18.6. The van der Waals surface area contributed by atoms with E-state index in [0.717, 1.165) is 17.7 Å². The van der Waals surface area contributed by atoms with Gasteiger partial charge in [-0.1, -0.05) is 13.8 Å². The van der Waals surface area contributed by atoms with E-state index in [-0.39, 0.29) is 11.8 Å². The van der Waals surface area contributed by atoms with Gasteiger partial charge in [-0.25, -0.2) is 9.97 Å². The van der Waals surface area contributed by atoms with Crippen LogP contribution in [0.1, 0.15) is 40.7 Å². The summed E-state index contributed by atoms with van der Waals surface area (Å²) in [6, 6.07) is 3.95. The van der Waals surface area contributed by atoms with E-state index in [4.69, 9.17) is 4.74 Å². The van der Waals surface area contributed by atoms with Gasteiger partial charge >= 0.3 is 0 Å². The van der Waals surface area contributed by atoms with E-state index in [1.54, 1.807) is 23.9 Å². The summed E-state index contributed by atoms with van der Waals surface area (Å²) in [5, 5.41) is 1.98. The molecule has 1 aliphatic rings. The van der Waals surface area contributed by atoms with Crippen LogP contribution in [0.3, 0.4) is 0 Å². The summed E-state index contributed by atoms with van der Waals surface area (Å²) >= 11 is 1.66. The average Bonchev–Trinajstić information content (AvgIpc) is 2.97. The van der Waals surface area contributed by atoms with Gasteiger partial charge in [0.15, 0.2) is 0 Å². The van der Waals surface area contributed by atoms with Gasteiger partial charge in [0.2, 0.25) is 0 Å². The molecule has 2 aromatic heterocycles. The number of hydrogen-bond acceptors (Lipinski definition) is 5. The summed E-state index contributed by atoms with van der Waals surface area (Å²) in [5.41, 5.74) is 1.79. The van der Waals surface area contributed by atoms with Gasteiger partial charge in [-0.3, -0.25) is 4.79 Å². The molecule has 128 valence electrons. The van der Waals surface area contributed by atoms with E-state index >= 15 is 0 Å². The zero-order valence-corrected chi connectivity index (χ0v) is 15.0. The molecule has 3 rings (SSSR count). The zero-order valence-electron chi connectivity index (χ0n) is 14.1. The maximum absolute atomic E-state index is 12.8. The Morgan fingerprint density at radius 1 is 1.50 bits per heavy atom. The number of hydrogen-bond donors (Lipinski definition) is 0. The van der Waals surface area contributed by atoms with Crippen molar-refractivity contribution in [3.8, 4) is 0 Å². The molecular formula is C18H23N3O2S. The predicted molar refractivity (Wildman–Crippen MR) is 94.4 cm³/mol. The van der Waals surface area contributed by atoms with Gasteiger partial charge in [0.05, 0.1) is 18.8 Å². The Labute approximate surface area is 146 Å². The lowest BCUT2D eigenvalue weighted by molar-refractivity contribution is 0.0737. The van der Waals surface area contributed by atoms with Gasteiger partial charge < -0.3 is 9.64 Å². The highest BCUT2D eigenvalue weighted by Crippen LogP contribution is 2.24. The Morgan fingerprint density at radius 3 is 3.08 bits per heavy atom. The van der Waals surface area contributed by atoms with Gasteiger partial charge in [0, 0.05) is 41.2 Å². The first-order valence-electron chi connectivity index (χ1n) is 8.34. The minimum atomic E-state index is 0.108. The molecule has 5 nitrogen and oxygen atoms in total. The first-order chi connectivity index (χ1) is 11.6. The average molecular weight is 345 g/mol. The van der Waals surface area contributed by atoms with Gasteiger partial charge in [-0.15, -0.1) is 11.3 Å². The van der Waals surface area contributed by atoms with Crippen LogP contribution in [0.4, 0.5) is 0 Å². The molecule has 0 aromatic carbocycles. The molecule has 1 saturated heterocycles. The highest BCUT2D eigenvalue weighted by molar-refractivity contribution is 7.10. The zero-order chi connectivity index (χ0) is 16.9. The molecule has 0 spiro atoms. The van der Waals surface area contributed by atoms with Crippen LogP contribution in [0.5, 0.6) is 0 Å². The summed E-state index contributed by atoms with van der Waals surface area (Å²) in [7, 11) is 0. The SMILES string of the molecule is CC(C)c1cc(C(=O)N2CCOC[C@@H](Cc3ccncn3)C2)cs1. The Hall–Kier alpha value is -1.79. The maximum Gasteiger partial charge on any atom is 0.254 e. The second-order valence-electron chi connectivity index (χ2n) is 6.49. The summed E-state index contributed by atoms with van der Waals surface area (Å²) in [6.45, 7) is 6.90. The quantitative estimate of drug-likeness (QED) is 0.855. The molecule has 0 unspecified atom stereocenters. The molecule has 0 bridgehead atoms. The van der Waals surface area contributed by atoms with Crippen molar-refractivity contribution in [1.29, 1.82) is 0 Å². The van der Waals surface area contributed by atoms with Crippen molar-refractivity contribution in [2.75, 3.05) is 26.3 Å². The lowest BCUT2D eigenvalue weighted by atomic mass is 10.0. The first kappa shape index (κ1) is 17.0. The summed E-state index contributed by atoms with van der Waals surface area (Å²) in [4.78, 5) is 24.2. The van der Waals surface area contributed by atoms with E-state index in [9.17, 15) is 4.79 Å². The van der Waals surface area contributed by atoms with Gasteiger partial charge in [-0.05, 0) is 24.5 Å². The van der Waals surface area contributed by atoms with E-state index < -0.39 is 0 Å². The fraction of sp³-hybridized carbons (Fsp3) is 0.500. The molecule has 0 saturated carbocycles. The monoisotopic (exact) mass is 345 g/mol. The van der Waals surface area contributed by atoms with Crippen molar-refractivity contribution in [2.45, 2.75) is 26.2 Å². The number of rotatable bonds is 4. The Kier molecular flexibility index (Phi) is 5.58. The van der Waals surface area contributed by atoms with Crippen LogP contribution in [0, 0.1) is 5.92 Å². The Morgan fingerprint density at radius 2 is 2.38 bits per heavy atom. The number of aromatic nitrogens is 2. The molecular weight excluding hydrogens is 322 g/mol. The van der Waals surface area contributed by atoms with Crippen LogP contribution in [0.25, 0.3) is 0 Å². The third-order valence-corrected chi connectivity index (χ3v) is 5.43. The van der Waals surface area contributed by atoms with Crippen molar-refractivity contribution >= 4 is 17.2 Å². The summed E-state index contributed by atoms with van der Waals surface area (Å²) in [6.07, 6.45) is 4.11. The lowest BCUT2D eigenvalue weighted by Gasteiger charge is -2.23. The van der Waals surface area contributed by atoms with E-state index in [1.165, 1.54) is 4.88 Å². The van der Waals surface area contributed by atoms with Gasteiger partial charge in [0.1, 0.15) is 6.33 Å². The third-order valence-electron chi connectivity index (χ3n) is 4.20. The topological polar surface area (TPSA) is 55.3 Å². The highest BCUT2D eigenvalue weighted by atomic mass is 32.1. The standard InChI is InChI=1S/C18H23N3O2S/c1-13(2)17-8-15(11-24-17)18(22)21-5-6-23-10-14(9-21)7-16-3-4-19-12-20-16/h3-4,8,11-14H,5-7,9-10H2,1-2H3/t14-/m0/s1. The van der Waals surface area contributed by atoms with Crippen LogP contribution in [0.2, 0.25) is 0 Å². The number of thiophene rings is 1. The minimum absolute atomic E-state index is 0.108. The largest absolute Gasteiger partial charge is 0.379 e. The number of carbonyl (C=O) groups is 1. The van der Waals surface area contributed by atoms with Crippen LogP contribution in [-0.2, 0) is 11.2 Å². The van der Waals surface area contributed by atoms with Gasteiger partial charge in [-0.2, -0.15) is 0 Å². The third kappa shape index (κ3) is 4.19. The molecule has 1 aliphatic heterocycles. The summed E-state index contributed by atoms with van der Waals surface area (Å²) in [5.74, 6) is 0.820. The lowest BCUT2D eigenvalue weighted by Crippen LogP contribution is -2.36. The Bertz CT molecular complexity index is 672. The molecule has 0 aliphatic carbocycles. The second kappa shape index (κ2) is 7.85. The number of nitrogens with zero attached hydrogens (tertiary/aromatic N) is 3. The fourth-order valence-corrected chi connectivity index (χ4v) is 3.77. The van der Waals surface area contributed by atoms with Crippen molar-refractivity contribution in [3.63, 3.8) is 0 Å². The molecule has 0 radical (unpaired) electrons. The molecule has 3 heterocycles. The van der Waals surface area contributed by atoms with Crippen LogP contribution in [0.15, 0.2) is 30.0 Å². The van der Waals surface area contributed by atoms with Crippen molar-refractivity contribution in [3.05, 3.63) is 46.2 Å². The maximum atomic E-state index is 12.8. The number of amides is 1. The Balaban J connectivity index is 1.68. The molecule has 1 atom stereocenters. The number of ether oxygens (including phenoxy) is 1. The first-order valence-corrected chi connectivity index (χ1v) is 9.21. The minimum Gasteiger partial charge on any atom is -0.379 e. The van der Waals surface area contributed by atoms with Crippen molar-refractivity contribution in [2.24, 2.45) is 5.92 Å². The van der Waals surface area contributed by atoms with Crippen LogP contribution in [-0.4, -0.2) is 47.1 Å². The highest BCUT2D eigenvalue weighted by Gasteiger charge is 2.24. The van der Waals surface area contributed by atoms with E-state index in [1.807, 2.05) is 22.4 Å². The van der Waals surface area contributed by atoms with E-state index in [2.05, 4.69) is 23.8 Å². The smallest absolute Gasteiger partial charge is 0.254 e. The summed E-state index contributed by atoms with van der Waals surface area (Å²) < 4.78 is 5.70. The van der Waals surface area contributed by atoms with Gasteiger partial charge in [0.25, 0.3) is 5.91 Å².